The average molecular weight is 266 g/mol. The third kappa shape index (κ3) is 3.29. The molecule has 2 heterocycles. The molecule has 1 aliphatic carbocycles. The number of amides is 1. The summed E-state index contributed by atoms with van der Waals surface area (Å²) in [7, 11) is 0. The molecule has 4 nitrogen and oxygen atoms in total. The molecule has 3 rings (SSSR count). The lowest BCUT2D eigenvalue weighted by Crippen LogP contribution is -2.46. The van der Waals surface area contributed by atoms with Gasteiger partial charge in [-0.3, -0.25) is 9.69 Å². The molecule has 3 atom stereocenters. The maximum atomic E-state index is 12.2. The van der Waals surface area contributed by atoms with E-state index in [-0.39, 0.29) is 24.0 Å². The average Bonchev–Trinajstić information content (AvgIpc) is 3.11. The van der Waals surface area contributed by atoms with Crippen LogP contribution in [0.15, 0.2) is 0 Å². The fraction of sp³-hybridized carbons (Fsp3) is 0.933. The number of carbonyl (C=O) groups is 1. The van der Waals surface area contributed by atoms with Gasteiger partial charge < -0.3 is 10.1 Å². The van der Waals surface area contributed by atoms with Crippen molar-refractivity contribution in [1.82, 2.24) is 10.2 Å². The van der Waals surface area contributed by atoms with Gasteiger partial charge in [-0.05, 0) is 31.1 Å². The molecule has 0 aromatic rings. The highest BCUT2D eigenvalue weighted by Gasteiger charge is 2.45. The van der Waals surface area contributed by atoms with E-state index in [1.807, 2.05) is 0 Å². The molecule has 3 fully saturated rings. The molecule has 0 radical (unpaired) electrons. The molecular weight excluding hydrogens is 240 g/mol. The molecule has 0 aromatic carbocycles. The molecule has 2 aliphatic heterocycles. The van der Waals surface area contributed by atoms with Crippen LogP contribution in [-0.4, -0.2) is 49.2 Å². The third-order valence-corrected chi connectivity index (χ3v) is 4.47. The zero-order chi connectivity index (χ0) is 13.4. The van der Waals surface area contributed by atoms with Gasteiger partial charge in [-0.1, -0.05) is 13.8 Å². The maximum Gasteiger partial charge on any atom is 0.225 e. The van der Waals surface area contributed by atoms with Crippen LogP contribution in [0.4, 0.5) is 0 Å². The highest BCUT2D eigenvalue weighted by Crippen LogP contribution is 2.35. The third-order valence-electron chi connectivity index (χ3n) is 4.47. The Morgan fingerprint density at radius 2 is 2.16 bits per heavy atom. The van der Waals surface area contributed by atoms with Crippen LogP contribution >= 0.6 is 0 Å². The van der Waals surface area contributed by atoms with E-state index in [9.17, 15) is 4.79 Å². The van der Waals surface area contributed by atoms with Crippen molar-refractivity contribution >= 4 is 5.91 Å². The summed E-state index contributed by atoms with van der Waals surface area (Å²) in [5.74, 6) is 1.71. The molecule has 2 saturated heterocycles. The fourth-order valence-electron chi connectivity index (χ4n) is 3.26. The number of fused-ring (bicyclic) bond motifs is 2. The smallest absolute Gasteiger partial charge is 0.225 e. The predicted octanol–water partition coefficient (Wildman–Crippen LogP) is 1.26. The van der Waals surface area contributed by atoms with Crippen LogP contribution in [0.3, 0.4) is 0 Å². The van der Waals surface area contributed by atoms with E-state index in [0.717, 1.165) is 32.0 Å². The van der Waals surface area contributed by atoms with Gasteiger partial charge in [0.2, 0.25) is 5.91 Å². The Bertz CT molecular complexity index is 341. The van der Waals surface area contributed by atoms with Gasteiger partial charge in [-0.15, -0.1) is 0 Å². The molecule has 0 unspecified atom stereocenters. The Hall–Kier alpha value is -0.610. The molecule has 1 saturated carbocycles. The summed E-state index contributed by atoms with van der Waals surface area (Å²) in [5.41, 5.74) is 0. The van der Waals surface area contributed by atoms with Crippen LogP contribution < -0.4 is 5.32 Å². The lowest BCUT2D eigenvalue weighted by molar-refractivity contribution is -0.128. The van der Waals surface area contributed by atoms with E-state index in [2.05, 4.69) is 24.1 Å². The lowest BCUT2D eigenvalue weighted by atomic mass is 9.99. The SMILES string of the molecule is CC(C)CNC(=O)[C@H]1C[C@@H]2CN(CC3CC3)C[C@H]1O2. The molecule has 2 bridgehead atoms. The number of rotatable bonds is 5. The molecule has 1 amide bonds. The zero-order valence-corrected chi connectivity index (χ0v) is 12.1. The Labute approximate surface area is 115 Å². The molecule has 3 aliphatic rings. The first-order valence-electron chi connectivity index (χ1n) is 7.77. The van der Waals surface area contributed by atoms with Crippen molar-refractivity contribution in [1.29, 1.82) is 0 Å². The van der Waals surface area contributed by atoms with Crippen molar-refractivity contribution in [3.63, 3.8) is 0 Å². The number of ether oxygens (including phenoxy) is 1. The van der Waals surface area contributed by atoms with E-state index in [1.165, 1.54) is 19.4 Å². The maximum absolute atomic E-state index is 12.2. The summed E-state index contributed by atoms with van der Waals surface area (Å²) < 4.78 is 5.97. The van der Waals surface area contributed by atoms with Crippen molar-refractivity contribution < 1.29 is 9.53 Å². The highest BCUT2D eigenvalue weighted by atomic mass is 16.5. The van der Waals surface area contributed by atoms with E-state index in [1.54, 1.807) is 0 Å². The Morgan fingerprint density at radius 3 is 2.84 bits per heavy atom. The van der Waals surface area contributed by atoms with Crippen molar-refractivity contribution in [2.24, 2.45) is 17.8 Å². The molecule has 1 N–H and O–H groups in total. The number of nitrogens with one attached hydrogen (secondary N) is 1. The Balaban J connectivity index is 1.52. The van der Waals surface area contributed by atoms with Crippen LogP contribution in [0.5, 0.6) is 0 Å². The van der Waals surface area contributed by atoms with Gasteiger partial charge in [0, 0.05) is 26.2 Å². The van der Waals surface area contributed by atoms with Gasteiger partial charge in [-0.25, -0.2) is 0 Å². The second-order valence-electron chi connectivity index (χ2n) is 6.94. The van der Waals surface area contributed by atoms with Crippen LogP contribution in [0.1, 0.15) is 33.1 Å². The molecule has 19 heavy (non-hydrogen) atoms. The van der Waals surface area contributed by atoms with Gasteiger partial charge in [0.15, 0.2) is 0 Å². The predicted molar refractivity (Wildman–Crippen MR) is 73.8 cm³/mol. The molecule has 0 spiro atoms. The minimum absolute atomic E-state index is 0.0768. The Morgan fingerprint density at radius 1 is 1.37 bits per heavy atom. The normalized spacial score (nSPS) is 34.8. The zero-order valence-electron chi connectivity index (χ0n) is 12.1. The molecular formula is C15H26N2O2. The van der Waals surface area contributed by atoms with Crippen molar-refractivity contribution in [3.8, 4) is 0 Å². The number of hydrogen-bond donors (Lipinski definition) is 1. The van der Waals surface area contributed by atoms with Gasteiger partial charge in [0.05, 0.1) is 18.1 Å². The Kier molecular flexibility index (Phi) is 3.81. The number of morpholine rings is 1. The van der Waals surface area contributed by atoms with Crippen LogP contribution in [0.25, 0.3) is 0 Å². The lowest BCUT2D eigenvalue weighted by Gasteiger charge is -2.32. The largest absolute Gasteiger partial charge is 0.371 e. The minimum atomic E-state index is 0.0768. The van der Waals surface area contributed by atoms with E-state index >= 15 is 0 Å². The quantitative estimate of drug-likeness (QED) is 0.814. The number of hydrogen-bond acceptors (Lipinski definition) is 3. The molecule has 108 valence electrons. The second kappa shape index (κ2) is 5.41. The standard InChI is InChI=1S/C15H26N2O2/c1-10(2)6-16-15(18)13-5-12-8-17(7-11-3-4-11)9-14(13)19-12/h10-14H,3-9H2,1-2H3,(H,16,18)/t12-,13+,14-/m1/s1. The summed E-state index contributed by atoms with van der Waals surface area (Å²) >= 11 is 0. The van der Waals surface area contributed by atoms with Gasteiger partial charge in [-0.2, -0.15) is 0 Å². The molecule has 4 heteroatoms. The first kappa shape index (κ1) is 13.4. The first-order chi connectivity index (χ1) is 9.11. The monoisotopic (exact) mass is 266 g/mol. The van der Waals surface area contributed by atoms with Crippen LogP contribution in [0.2, 0.25) is 0 Å². The minimum Gasteiger partial charge on any atom is -0.371 e. The second-order valence-corrected chi connectivity index (χ2v) is 6.94. The van der Waals surface area contributed by atoms with Crippen molar-refractivity contribution in [3.05, 3.63) is 0 Å². The first-order valence-corrected chi connectivity index (χ1v) is 7.77. The van der Waals surface area contributed by atoms with E-state index in [0.29, 0.717) is 5.92 Å². The van der Waals surface area contributed by atoms with Gasteiger partial charge >= 0.3 is 0 Å². The number of carbonyl (C=O) groups excluding carboxylic acids is 1. The number of nitrogens with zero attached hydrogens (tertiary/aromatic N) is 1. The summed E-state index contributed by atoms with van der Waals surface area (Å²) in [5, 5.41) is 3.07. The topological polar surface area (TPSA) is 41.6 Å². The summed E-state index contributed by atoms with van der Waals surface area (Å²) in [6, 6.07) is 0. The van der Waals surface area contributed by atoms with Crippen molar-refractivity contribution in [2.45, 2.75) is 45.3 Å². The van der Waals surface area contributed by atoms with Gasteiger partial charge in [0.1, 0.15) is 0 Å². The molecule has 0 aromatic heterocycles. The van der Waals surface area contributed by atoms with Crippen LogP contribution in [-0.2, 0) is 9.53 Å². The fourth-order valence-corrected chi connectivity index (χ4v) is 3.26. The highest BCUT2D eigenvalue weighted by molar-refractivity contribution is 5.79. The van der Waals surface area contributed by atoms with Gasteiger partial charge in [0.25, 0.3) is 0 Å². The summed E-state index contributed by atoms with van der Waals surface area (Å²) in [6.45, 7) is 8.23. The van der Waals surface area contributed by atoms with Crippen LogP contribution in [0, 0.1) is 17.8 Å². The van der Waals surface area contributed by atoms with E-state index in [4.69, 9.17) is 4.74 Å². The van der Waals surface area contributed by atoms with E-state index < -0.39 is 0 Å². The summed E-state index contributed by atoms with van der Waals surface area (Å²) in [4.78, 5) is 14.7. The number of likely N-dealkylation sites (tertiary alicyclic amines) is 1. The summed E-state index contributed by atoms with van der Waals surface area (Å²) in [6.07, 6.45) is 4.11. The van der Waals surface area contributed by atoms with Crippen molar-refractivity contribution in [2.75, 3.05) is 26.2 Å².